The number of rotatable bonds is 7. The van der Waals surface area contributed by atoms with Gasteiger partial charge in [0.1, 0.15) is 24.2 Å². The molecule has 120 valence electrons. The predicted molar refractivity (Wildman–Crippen MR) is 83.7 cm³/mol. The van der Waals surface area contributed by atoms with Crippen molar-refractivity contribution in [3.8, 4) is 5.75 Å². The lowest BCUT2D eigenvalue weighted by Crippen LogP contribution is -2.23. The lowest BCUT2D eigenvalue weighted by atomic mass is 10.3. The molecular formula is C15H18N6O2. The first kappa shape index (κ1) is 15.0. The van der Waals surface area contributed by atoms with Crippen LogP contribution in [0, 0.1) is 0 Å². The number of ether oxygens (including phenoxy) is 1. The summed E-state index contributed by atoms with van der Waals surface area (Å²) in [5, 5.41) is 6.85. The fraction of sp³-hybridized carbons (Fsp3) is 0.333. The monoisotopic (exact) mass is 314 g/mol. The van der Waals surface area contributed by atoms with E-state index < -0.39 is 0 Å². The first-order valence-corrected chi connectivity index (χ1v) is 7.36. The summed E-state index contributed by atoms with van der Waals surface area (Å²) in [6.45, 7) is 1.05. The molecule has 0 saturated heterocycles. The molecule has 0 aliphatic rings. The number of amides is 1. The van der Waals surface area contributed by atoms with Gasteiger partial charge in [0.15, 0.2) is 0 Å². The molecule has 0 bridgehead atoms. The third-order valence-corrected chi connectivity index (χ3v) is 3.45. The minimum atomic E-state index is -0.0110. The Morgan fingerprint density at radius 1 is 1.43 bits per heavy atom. The van der Waals surface area contributed by atoms with Crippen molar-refractivity contribution in [1.29, 1.82) is 0 Å². The zero-order valence-corrected chi connectivity index (χ0v) is 12.8. The standard InChI is InChI=1S/C15H18N6O2/c1-23-11-4-5-12-13(7-11)20-14(19-12)8-17-15(22)3-2-6-21-10-16-9-18-21/h4-5,7,9-10H,2-3,6,8H2,1H3,(H,17,22)(H,19,20). The zero-order chi connectivity index (χ0) is 16.1. The third kappa shape index (κ3) is 3.85. The maximum atomic E-state index is 11.8. The van der Waals surface area contributed by atoms with Crippen LogP contribution in [0.25, 0.3) is 11.0 Å². The average Bonchev–Trinajstić information content (AvgIpc) is 3.21. The van der Waals surface area contributed by atoms with Gasteiger partial charge in [-0.05, 0) is 18.6 Å². The molecule has 2 heterocycles. The van der Waals surface area contributed by atoms with E-state index in [1.165, 1.54) is 6.33 Å². The summed E-state index contributed by atoms with van der Waals surface area (Å²) in [5.74, 6) is 1.48. The van der Waals surface area contributed by atoms with Crippen LogP contribution in [0.3, 0.4) is 0 Å². The number of nitrogens with one attached hydrogen (secondary N) is 2. The number of hydrogen-bond donors (Lipinski definition) is 2. The molecule has 1 amide bonds. The Bertz CT molecular complexity index is 780. The van der Waals surface area contributed by atoms with E-state index in [-0.39, 0.29) is 5.91 Å². The largest absolute Gasteiger partial charge is 0.497 e. The van der Waals surface area contributed by atoms with Gasteiger partial charge in [0.25, 0.3) is 0 Å². The molecule has 2 aromatic heterocycles. The lowest BCUT2D eigenvalue weighted by molar-refractivity contribution is -0.121. The normalized spacial score (nSPS) is 10.8. The van der Waals surface area contributed by atoms with E-state index in [2.05, 4.69) is 25.4 Å². The molecule has 1 aromatic carbocycles. The van der Waals surface area contributed by atoms with Crippen molar-refractivity contribution in [2.24, 2.45) is 0 Å². The molecule has 0 fully saturated rings. The van der Waals surface area contributed by atoms with Crippen LogP contribution < -0.4 is 10.1 Å². The number of nitrogens with zero attached hydrogens (tertiary/aromatic N) is 4. The SMILES string of the molecule is COc1ccc2nc(CNC(=O)CCCn3cncn3)[nH]c2c1. The highest BCUT2D eigenvalue weighted by molar-refractivity contribution is 5.77. The van der Waals surface area contributed by atoms with Crippen LogP contribution in [0.5, 0.6) is 5.75 Å². The highest BCUT2D eigenvalue weighted by Crippen LogP contribution is 2.18. The molecule has 0 unspecified atom stereocenters. The second-order valence-corrected chi connectivity index (χ2v) is 5.11. The lowest BCUT2D eigenvalue weighted by Gasteiger charge is -2.03. The number of benzene rings is 1. The number of fused-ring (bicyclic) bond motifs is 1. The van der Waals surface area contributed by atoms with Crippen LogP contribution in [0.1, 0.15) is 18.7 Å². The van der Waals surface area contributed by atoms with Crippen molar-refractivity contribution in [2.75, 3.05) is 7.11 Å². The summed E-state index contributed by atoms with van der Waals surface area (Å²) < 4.78 is 6.88. The number of aryl methyl sites for hydroxylation is 1. The van der Waals surface area contributed by atoms with Gasteiger partial charge < -0.3 is 15.0 Å². The van der Waals surface area contributed by atoms with Crippen molar-refractivity contribution in [3.63, 3.8) is 0 Å². The van der Waals surface area contributed by atoms with Gasteiger partial charge in [0.2, 0.25) is 5.91 Å². The summed E-state index contributed by atoms with van der Waals surface area (Å²) in [6, 6.07) is 5.62. The Morgan fingerprint density at radius 2 is 2.35 bits per heavy atom. The highest BCUT2D eigenvalue weighted by Gasteiger charge is 2.06. The molecule has 8 heteroatoms. The topological polar surface area (TPSA) is 97.7 Å². The summed E-state index contributed by atoms with van der Waals surface area (Å²) in [5.41, 5.74) is 1.74. The van der Waals surface area contributed by atoms with Crippen LogP contribution in [0.4, 0.5) is 0 Å². The molecule has 8 nitrogen and oxygen atoms in total. The number of H-pyrrole nitrogens is 1. The number of carbonyl (C=O) groups is 1. The Labute approximate surface area is 132 Å². The van der Waals surface area contributed by atoms with E-state index in [1.807, 2.05) is 18.2 Å². The van der Waals surface area contributed by atoms with E-state index in [4.69, 9.17) is 4.74 Å². The predicted octanol–water partition coefficient (Wildman–Crippen LogP) is 1.26. The molecule has 0 radical (unpaired) electrons. The van der Waals surface area contributed by atoms with E-state index >= 15 is 0 Å². The van der Waals surface area contributed by atoms with Crippen molar-refractivity contribution < 1.29 is 9.53 Å². The number of methoxy groups -OCH3 is 1. The minimum Gasteiger partial charge on any atom is -0.497 e. The Balaban J connectivity index is 1.48. The molecule has 3 aromatic rings. The number of aromatic nitrogens is 5. The van der Waals surface area contributed by atoms with E-state index in [1.54, 1.807) is 18.1 Å². The van der Waals surface area contributed by atoms with E-state index in [9.17, 15) is 4.79 Å². The molecule has 0 spiro atoms. The van der Waals surface area contributed by atoms with Crippen molar-refractivity contribution in [2.45, 2.75) is 25.9 Å². The number of hydrogen-bond acceptors (Lipinski definition) is 5. The van der Waals surface area contributed by atoms with Crippen molar-refractivity contribution in [1.82, 2.24) is 30.0 Å². The van der Waals surface area contributed by atoms with Crippen LogP contribution in [-0.4, -0.2) is 37.7 Å². The number of carbonyl (C=O) groups excluding carboxylic acids is 1. The fourth-order valence-corrected chi connectivity index (χ4v) is 2.27. The molecule has 3 rings (SSSR count). The molecule has 2 N–H and O–H groups in total. The molecule has 0 aliphatic carbocycles. The second kappa shape index (κ2) is 6.91. The first-order valence-electron chi connectivity index (χ1n) is 7.36. The number of aromatic amines is 1. The summed E-state index contributed by atoms with van der Waals surface area (Å²) in [4.78, 5) is 23.3. The van der Waals surface area contributed by atoms with Crippen molar-refractivity contribution >= 4 is 16.9 Å². The van der Waals surface area contributed by atoms with Gasteiger partial charge in [-0.15, -0.1) is 0 Å². The molecule has 0 saturated carbocycles. The second-order valence-electron chi connectivity index (χ2n) is 5.11. The summed E-state index contributed by atoms with van der Waals surface area (Å²) in [7, 11) is 1.62. The summed E-state index contributed by atoms with van der Waals surface area (Å²) in [6.07, 6.45) is 4.28. The van der Waals surface area contributed by atoms with Gasteiger partial charge in [-0.25, -0.2) is 9.97 Å². The summed E-state index contributed by atoms with van der Waals surface area (Å²) >= 11 is 0. The van der Waals surface area contributed by atoms with E-state index in [0.29, 0.717) is 25.9 Å². The van der Waals surface area contributed by atoms with Crippen LogP contribution in [0.2, 0.25) is 0 Å². The molecule has 0 aliphatic heterocycles. The smallest absolute Gasteiger partial charge is 0.220 e. The van der Waals surface area contributed by atoms with Crippen LogP contribution in [0.15, 0.2) is 30.9 Å². The van der Waals surface area contributed by atoms with Gasteiger partial charge in [0, 0.05) is 19.0 Å². The fourth-order valence-electron chi connectivity index (χ4n) is 2.27. The third-order valence-electron chi connectivity index (χ3n) is 3.45. The molecule has 0 atom stereocenters. The molecular weight excluding hydrogens is 296 g/mol. The van der Waals surface area contributed by atoms with Crippen LogP contribution in [-0.2, 0) is 17.9 Å². The minimum absolute atomic E-state index is 0.0110. The maximum absolute atomic E-state index is 11.8. The van der Waals surface area contributed by atoms with Crippen LogP contribution >= 0.6 is 0 Å². The van der Waals surface area contributed by atoms with Gasteiger partial charge in [-0.1, -0.05) is 0 Å². The highest BCUT2D eigenvalue weighted by atomic mass is 16.5. The zero-order valence-electron chi connectivity index (χ0n) is 12.8. The van der Waals surface area contributed by atoms with E-state index in [0.717, 1.165) is 22.6 Å². The first-order chi connectivity index (χ1) is 11.2. The van der Waals surface area contributed by atoms with Gasteiger partial charge >= 0.3 is 0 Å². The molecule has 23 heavy (non-hydrogen) atoms. The maximum Gasteiger partial charge on any atom is 0.220 e. The van der Waals surface area contributed by atoms with Gasteiger partial charge in [-0.3, -0.25) is 9.48 Å². The Morgan fingerprint density at radius 3 is 3.13 bits per heavy atom. The number of imidazole rings is 1. The van der Waals surface area contributed by atoms with Gasteiger partial charge in [-0.2, -0.15) is 5.10 Å². The van der Waals surface area contributed by atoms with Crippen molar-refractivity contribution in [3.05, 3.63) is 36.7 Å². The average molecular weight is 314 g/mol. The van der Waals surface area contributed by atoms with Gasteiger partial charge in [0.05, 0.1) is 24.7 Å². The Hall–Kier alpha value is -2.90. The Kier molecular flexibility index (Phi) is 4.51. The quantitative estimate of drug-likeness (QED) is 0.684.